The molecule has 28 heavy (non-hydrogen) atoms. The molecule has 0 radical (unpaired) electrons. The molecule has 2 aromatic heterocycles. The Kier molecular flexibility index (Phi) is 5.69. The van der Waals surface area contributed by atoms with Gasteiger partial charge in [-0.2, -0.15) is 0 Å². The minimum Gasteiger partial charge on any atom is -0.236 e. The SMILES string of the molecule is CC(Cc1nc(CCl)nc2ccccc12)Cc1nc(CCl)nc2ccccc12. The third-order valence-electron chi connectivity index (χ3n) is 4.78. The molecule has 0 aliphatic heterocycles. The van der Waals surface area contributed by atoms with E-state index >= 15 is 0 Å². The quantitative estimate of drug-likeness (QED) is 0.395. The fraction of sp³-hybridized carbons (Fsp3) is 0.273. The summed E-state index contributed by atoms with van der Waals surface area (Å²) in [6.07, 6.45) is 1.64. The van der Waals surface area contributed by atoms with Gasteiger partial charge in [-0.1, -0.05) is 43.3 Å². The first-order valence-corrected chi connectivity index (χ1v) is 10.4. The number of benzene rings is 2. The lowest BCUT2D eigenvalue weighted by atomic mass is 9.96. The van der Waals surface area contributed by atoms with E-state index in [4.69, 9.17) is 33.2 Å². The van der Waals surface area contributed by atoms with Crippen LogP contribution in [-0.2, 0) is 24.6 Å². The smallest absolute Gasteiger partial charge is 0.144 e. The van der Waals surface area contributed by atoms with Crippen molar-refractivity contribution >= 4 is 45.0 Å². The van der Waals surface area contributed by atoms with Gasteiger partial charge in [-0.15, -0.1) is 23.2 Å². The second kappa shape index (κ2) is 8.38. The van der Waals surface area contributed by atoms with Crippen molar-refractivity contribution in [2.24, 2.45) is 5.92 Å². The maximum atomic E-state index is 6.01. The van der Waals surface area contributed by atoms with E-state index in [-0.39, 0.29) is 0 Å². The Bertz CT molecular complexity index is 1040. The number of halogens is 2. The van der Waals surface area contributed by atoms with Crippen molar-refractivity contribution in [2.45, 2.75) is 31.5 Å². The lowest BCUT2D eigenvalue weighted by molar-refractivity contribution is 0.563. The number of aromatic nitrogens is 4. The largest absolute Gasteiger partial charge is 0.236 e. The summed E-state index contributed by atoms with van der Waals surface area (Å²) in [5, 5.41) is 2.16. The fourth-order valence-electron chi connectivity index (χ4n) is 3.55. The average molecular weight is 411 g/mol. The first-order chi connectivity index (χ1) is 13.7. The van der Waals surface area contributed by atoms with Gasteiger partial charge < -0.3 is 0 Å². The number of rotatable bonds is 6. The molecule has 4 aromatic rings. The van der Waals surface area contributed by atoms with Crippen molar-refractivity contribution in [3.8, 4) is 0 Å². The van der Waals surface area contributed by atoms with Gasteiger partial charge in [0, 0.05) is 10.8 Å². The fourth-order valence-corrected chi connectivity index (χ4v) is 3.79. The van der Waals surface area contributed by atoms with Gasteiger partial charge in [-0.25, -0.2) is 19.9 Å². The number of para-hydroxylation sites is 2. The summed E-state index contributed by atoms with van der Waals surface area (Å²) in [7, 11) is 0. The first kappa shape index (κ1) is 19.0. The number of fused-ring (bicyclic) bond motifs is 2. The number of nitrogens with zero attached hydrogens (tertiary/aromatic N) is 4. The van der Waals surface area contributed by atoms with Gasteiger partial charge in [0.1, 0.15) is 11.6 Å². The van der Waals surface area contributed by atoms with Crippen LogP contribution in [-0.4, -0.2) is 19.9 Å². The highest BCUT2D eigenvalue weighted by Gasteiger charge is 2.15. The lowest BCUT2D eigenvalue weighted by Crippen LogP contribution is -2.10. The average Bonchev–Trinajstić information content (AvgIpc) is 2.73. The molecular formula is C22H20Cl2N4. The molecule has 0 unspecified atom stereocenters. The normalized spacial score (nSPS) is 11.6. The Morgan fingerprint density at radius 3 is 1.54 bits per heavy atom. The van der Waals surface area contributed by atoms with Crippen molar-refractivity contribution in [3.05, 3.63) is 71.6 Å². The van der Waals surface area contributed by atoms with Crippen LogP contribution >= 0.6 is 23.2 Å². The van der Waals surface area contributed by atoms with Crippen LogP contribution < -0.4 is 0 Å². The summed E-state index contributed by atoms with van der Waals surface area (Å²) >= 11 is 12.0. The van der Waals surface area contributed by atoms with E-state index in [0.717, 1.165) is 46.0 Å². The van der Waals surface area contributed by atoms with E-state index in [1.165, 1.54) is 0 Å². The number of alkyl halides is 2. The van der Waals surface area contributed by atoms with Gasteiger partial charge >= 0.3 is 0 Å². The Morgan fingerprint density at radius 1 is 0.679 bits per heavy atom. The van der Waals surface area contributed by atoms with Crippen LogP contribution in [0, 0.1) is 5.92 Å². The second-order valence-corrected chi connectivity index (χ2v) is 7.52. The molecule has 0 amide bonds. The molecule has 0 spiro atoms. The highest BCUT2D eigenvalue weighted by atomic mass is 35.5. The Morgan fingerprint density at radius 2 is 1.11 bits per heavy atom. The van der Waals surface area contributed by atoms with E-state index in [0.29, 0.717) is 29.3 Å². The van der Waals surface area contributed by atoms with Crippen molar-refractivity contribution in [1.29, 1.82) is 0 Å². The van der Waals surface area contributed by atoms with Gasteiger partial charge in [0.15, 0.2) is 0 Å². The molecule has 0 aliphatic carbocycles. The van der Waals surface area contributed by atoms with Crippen LogP contribution in [0.15, 0.2) is 48.5 Å². The van der Waals surface area contributed by atoms with Crippen LogP contribution in [0.5, 0.6) is 0 Å². The number of hydrogen-bond acceptors (Lipinski definition) is 4. The lowest BCUT2D eigenvalue weighted by Gasteiger charge is -2.15. The first-order valence-electron chi connectivity index (χ1n) is 9.29. The molecule has 0 aliphatic rings. The zero-order valence-corrected chi connectivity index (χ0v) is 17.1. The maximum Gasteiger partial charge on any atom is 0.144 e. The van der Waals surface area contributed by atoms with Gasteiger partial charge in [-0.05, 0) is 30.9 Å². The standard InChI is InChI=1S/C22H20Cl2N4/c1-14(10-19-15-6-2-4-8-17(15)25-21(12-23)27-19)11-20-16-7-3-5-9-18(16)26-22(13-24)28-20/h2-9,14H,10-13H2,1H3. The van der Waals surface area contributed by atoms with E-state index < -0.39 is 0 Å². The summed E-state index contributed by atoms with van der Waals surface area (Å²) in [6, 6.07) is 16.2. The second-order valence-electron chi connectivity index (χ2n) is 6.99. The van der Waals surface area contributed by atoms with E-state index in [1.54, 1.807) is 0 Å². The zero-order chi connectivity index (χ0) is 19.5. The molecular weight excluding hydrogens is 391 g/mol. The molecule has 0 N–H and O–H groups in total. The molecule has 2 heterocycles. The van der Waals surface area contributed by atoms with Gasteiger partial charge in [0.05, 0.1) is 34.2 Å². The minimum atomic E-state index is 0.307. The summed E-state index contributed by atoms with van der Waals surface area (Å²) in [6.45, 7) is 2.22. The molecule has 0 bridgehead atoms. The zero-order valence-electron chi connectivity index (χ0n) is 15.6. The highest BCUT2D eigenvalue weighted by molar-refractivity contribution is 6.17. The molecule has 0 saturated carbocycles. The molecule has 4 rings (SSSR count). The predicted octanol–water partition coefficient (Wildman–Crippen LogP) is 5.47. The van der Waals surface area contributed by atoms with Crippen molar-refractivity contribution in [3.63, 3.8) is 0 Å². The molecule has 0 atom stereocenters. The highest BCUT2D eigenvalue weighted by Crippen LogP contribution is 2.23. The van der Waals surface area contributed by atoms with Gasteiger partial charge in [0.25, 0.3) is 0 Å². The van der Waals surface area contributed by atoms with E-state index in [1.807, 2.05) is 36.4 Å². The summed E-state index contributed by atoms with van der Waals surface area (Å²) in [5.74, 6) is 2.28. The molecule has 0 saturated heterocycles. The van der Waals surface area contributed by atoms with Crippen LogP contribution in [0.25, 0.3) is 21.8 Å². The maximum absolute atomic E-state index is 6.01. The van der Waals surface area contributed by atoms with Crippen LogP contribution in [0.3, 0.4) is 0 Å². The third-order valence-corrected chi connectivity index (χ3v) is 5.26. The van der Waals surface area contributed by atoms with Gasteiger partial charge in [0.2, 0.25) is 0 Å². The predicted molar refractivity (Wildman–Crippen MR) is 115 cm³/mol. The Labute approximate surface area is 174 Å². The molecule has 2 aromatic carbocycles. The van der Waals surface area contributed by atoms with Crippen molar-refractivity contribution in [1.82, 2.24) is 19.9 Å². The molecule has 142 valence electrons. The topological polar surface area (TPSA) is 51.6 Å². The minimum absolute atomic E-state index is 0.307. The monoisotopic (exact) mass is 410 g/mol. The third kappa shape index (κ3) is 3.94. The van der Waals surface area contributed by atoms with Crippen molar-refractivity contribution < 1.29 is 0 Å². The number of hydrogen-bond donors (Lipinski definition) is 0. The van der Waals surface area contributed by atoms with E-state index in [9.17, 15) is 0 Å². The summed E-state index contributed by atoms with van der Waals surface area (Å²) in [4.78, 5) is 18.5. The Balaban J connectivity index is 1.66. The van der Waals surface area contributed by atoms with E-state index in [2.05, 4.69) is 29.0 Å². The molecule has 0 fully saturated rings. The summed E-state index contributed by atoms with van der Waals surface area (Å²) in [5.41, 5.74) is 3.94. The van der Waals surface area contributed by atoms with Gasteiger partial charge in [-0.3, -0.25) is 0 Å². The van der Waals surface area contributed by atoms with Crippen molar-refractivity contribution in [2.75, 3.05) is 0 Å². The Hall–Kier alpha value is -2.30. The summed E-state index contributed by atoms with van der Waals surface area (Å²) < 4.78 is 0. The molecule has 6 heteroatoms. The van der Waals surface area contributed by atoms with Crippen LogP contribution in [0.1, 0.15) is 30.0 Å². The molecule has 4 nitrogen and oxygen atoms in total. The van der Waals surface area contributed by atoms with Crippen LogP contribution in [0.4, 0.5) is 0 Å². The van der Waals surface area contributed by atoms with Crippen LogP contribution in [0.2, 0.25) is 0 Å².